The molecule has 0 fully saturated rings. The van der Waals surface area contributed by atoms with Gasteiger partial charge in [-0.25, -0.2) is 0 Å². The molecule has 0 unspecified atom stereocenters. The van der Waals surface area contributed by atoms with E-state index >= 15 is 0 Å². The highest BCUT2D eigenvalue weighted by atomic mass is 79.9. The highest BCUT2D eigenvalue weighted by molar-refractivity contribution is 9.10. The Morgan fingerprint density at radius 2 is 2.00 bits per heavy atom. The number of rotatable bonds is 2. The zero-order chi connectivity index (χ0) is 15.6. The molecular weight excluding hydrogens is 330 g/mol. The monoisotopic (exact) mass is 343 g/mol. The van der Waals surface area contributed by atoms with Crippen molar-refractivity contribution in [3.63, 3.8) is 0 Å². The lowest BCUT2D eigenvalue weighted by Crippen LogP contribution is -2.15. The van der Waals surface area contributed by atoms with Crippen LogP contribution in [0.5, 0.6) is 0 Å². The SMILES string of the molecule is Cc1ccc(C#N)cc1NC(=O)c1cc(Br)cc(N)c1C. The number of nitriles is 1. The van der Waals surface area contributed by atoms with Gasteiger partial charge in [-0.2, -0.15) is 5.26 Å². The van der Waals surface area contributed by atoms with Crippen molar-refractivity contribution in [2.75, 3.05) is 11.1 Å². The van der Waals surface area contributed by atoms with Gasteiger partial charge in [-0.15, -0.1) is 0 Å². The molecule has 0 heterocycles. The first kappa shape index (κ1) is 15.1. The van der Waals surface area contributed by atoms with Crippen molar-refractivity contribution in [2.45, 2.75) is 13.8 Å². The summed E-state index contributed by atoms with van der Waals surface area (Å²) in [6.45, 7) is 3.67. The second-order valence-electron chi connectivity index (χ2n) is 4.76. The summed E-state index contributed by atoms with van der Waals surface area (Å²) >= 11 is 3.34. The number of halogens is 1. The van der Waals surface area contributed by atoms with Crippen LogP contribution in [0.1, 0.15) is 27.0 Å². The van der Waals surface area contributed by atoms with Crippen molar-refractivity contribution in [1.29, 1.82) is 5.26 Å². The van der Waals surface area contributed by atoms with Gasteiger partial charge in [-0.05, 0) is 49.2 Å². The highest BCUT2D eigenvalue weighted by Crippen LogP contribution is 2.24. The maximum Gasteiger partial charge on any atom is 0.256 e. The van der Waals surface area contributed by atoms with E-state index in [1.165, 1.54) is 0 Å². The Labute approximate surface area is 131 Å². The zero-order valence-corrected chi connectivity index (χ0v) is 13.3. The van der Waals surface area contributed by atoms with E-state index in [0.717, 1.165) is 15.6 Å². The van der Waals surface area contributed by atoms with Crippen LogP contribution in [0, 0.1) is 25.2 Å². The zero-order valence-electron chi connectivity index (χ0n) is 11.7. The van der Waals surface area contributed by atoms with Gasteiger partial charge >= 0.3 is 0 Å². The number of nitrogens with two attached hydrogens (primary N) is 1. The molecule has 1 amide bonds. The minimum absolute atomic E-state index is 0.251. The van der Waals surface area contributed by atoms with Gasteiger partial charge in [0, 0.05) is 21.4 Å². The van der Waals surface area contributed by atoms with Crippen LogP contribution in [0.15, 0.2) is 34.8 Å². The molecule has 0 saturated carbocycles. The van der Waals surface area contributed by atoms with E-state index in [1.54, 1.807) is 37.3 Å². The van der Waals surface area contributed by atoms with Crippen LogP contribution in [0.4, 0.5) is 11.4 Å². The summed E-state index contributed by atoms with van der Waals surface area (Å²) in [5, 5.41) is 11.8. The normalized spacial score (nSPS) is 10.0. The van der Waals surface area contributed by atoms with Crippen LogP contribution in [-0.4, -0.2) is 5.91 Å². The van der Waals surface area contributed by atoms with Gasteiger partial charge in [-0.3, -0.25) is 4.79 Å². The molecule has 0 atom stereocenters. The molecule has 0 aromatic heterocycles. The number of nitrogens with one attached hydrogen (secondary N) is 1. The predicted octanol–water partition coefficient (Wildman–Crippen LogP) is 3.77. The smallest absolute Gasteiger partial charge is 0.256 e. The fourth-order valence-electron chi connectivity index (χ4n) is 1.95. The molecule has 0 bridgehead atoms. The minimum Gasteiger partial charge on any atom is -0.398 e. The second kappa shape index (κ2) is 5.98. The average Bonchev–Trinajstić information content (AvgIpc) is 2.45. The van der Waals surface area contributed by atoms with Crippen LogP contribution in [0.2, 0.25) is 0 Å². The summed E-state index contributed by atoms with van der Waals surface area (Å²) < 4.78 is 0.748. The summed E-state index contributed by atoms with van der Waals surface area (Å²) in [7, 11) is 0. The molecule has 2 aromatic carbocycles. The van der Waals surface area contributed by atoms with Gasteiger partial charge in [0.25, 0.3) is 5.91 Å². The molecule has 3 N–H and O–H groups in total. The number of amides is 1. The number of hydrogen-bond acceptors (Lipinski definition) is 3. The molecule has 0 aliphatic rings. The Morgan fingerprint density at radius 3 is 2.67 bits per heavy atom. The van der Waals surface area contributed by atoms with Crippen LogP contribution >= 0.6 is 15.9 Å². The molecule has 0 spiro atoms. The van der Waals surface area contributed by atoms with E-state index in [9.17, 15) is 4.79 Å². The number of anilines is 2. The highest BCUT2D eigenvalue weighted by Gasteiger charge is 2.13. The number of nitrogen functional groups attached to an aromatic ring is 1. The summed E-state index contributed by atoms with van der Waals surface area (Å²) in [6, 6.07) is 10.7. The fourth-order valence-corrected chi connectivity index (χ4v) is 2.43. The van der Waals surface area contributed by atoms with E-state index in [2.05, 4.69) is 27.3 Å². The van der Waals surface area contributed by atoms with Crippen LogP contribution in [0.25, 0.3) is 0 Å². The predicted molar refractivity (Wildman–Crippen MR) is 87.1 cm³/mol. The molecular formula is C16H14BrN3O. The van der Waals surface area contributed by atoms with Crippen molar-refractivity contribution in [3.05, 3.63) is 57.1 Å². The van der Waals surface area contributed by atoms with E-state index in [0.29, 0.717) is 22.5 Å². The summed E-state index contributed by atoms with van der Waals surface area (Å²) in [6.07, 6.45) is 0. The van der Waals surface area contributed by atoms with Gasteiger partial charge < -0.3 is 11.1 Å². The standard InChI is InChI=1S/C16H14BrN3O/c1-9-3-4-11(8-18)5-15(9)20-16(21)13-6-12(17)7-14(19)10(13)2/h3-7H,19H2,1-2H3,(H,20,21). The lowest BCUT2D eigenvalue weighted by Gasteiger charge is -2.12. The third-order valence-corrected chi connectivity index (χ3v) is 3.73. The van der Waals surface area contributed by atoms with Gasteiger partial charge in [-0.1, -0.05) is 22.0 Å². The molecule has 21 heavy (non-hydrogen) atoms. The number of hydrogen-bond donors (Lipinski definition) is 2. The topological polar surface area (TPSA) is 78.9 Å². The molecule has 106 valence electrons. The molecule has 0 aliphatic heterocycles. The van der Waals surface area contributed by atoms with Gasteiger partial charge in [0.15, 0.2) is 0 Å². The molecule has 2 aromatic rings. The Morgan fingerprint density at radius 1 is 1.29 bits per heavy atom. The third kappa shape index (κ3) is 3.23. The lowest BCUT2D eigenvalue weighted by atomic mass is 10.1. The Balaban J connectivity index is 2.37. The molecule has 4 nitrogen and oxygen atoms in total. The maximum absolute atomic E-state index is 12.4. The quantitative estimate of drug-likeness (QED) is 0.814. The first-order chi connectivity index (χ1) is 9.92. The number of aryl methyl sites for hydroxylation is 1. The second-order valence-corrected chi connectivity index (χ2v) is 5.68. The molecule has 0 radical (unpaired) electrons. The fraction of sp³-hybridized carbons (Fsp3) is 0.125. The first-order valence-corrected chi connectivity index (χ1v) is 7.09. The summed E-state index contributed by atoms with van der Waals surface area (Å²) in [4.78, 5) is 12.4. The van der Waals surface area contributed by atoms with Crippen molar-refractivity contribution < 1.29 is 4.79 Å². The summed E-state index contributed by atoms with van der Waals surface area (Å²) in [5.74, 6) is -0.251. The molecule has 0 saturated heterocycles. The average molecular weight is 344 g/mol. The Kier molecular flexibility index (Phi) is 4.29. The van der Waals surface area contributed by atoms with Crippen molar-refractivity contribution in [3.8, 4) is 6.07 Å². The Hall–Kier alpha value is -2.32. The van der Waals surface area contributed by atoms with E-state index in [1.807, 2.05) is 6.92 Å². The Bertz CT molecular complexity index is 763. The van der Waals surface area contributed by atoms with Gasteiger partial charge in [0.2, 0.25) is 0 Å². The minimum atomic E-state index is -0.251. The van der Waals surface area contributed by atoms with Crippen LogP contribution in [-0.2, 0) is 0 Å². The lowest BCUT2D eigenvalue weighted by molar-refractivity contribution is 0.102. The van der Waals surface area contributed by atoms with E-state index < -0.39 is 0 Å². The summed E-state index contributed by atoms with van der Waals surface area (Å²) in [5.41, 5.74) is 9.67. The maximum atomic E-state index is 12.4. The first-order valence-electron chi connectivity index (χ1n) is 6.30. The molecule has 5 heteroatoms. The van der Waals surface area contributed by atoms with Crippen LogP contribution < -0.4 is 11.1 Å². The van der Waals surface area contributed by atoms with E-state index in [4.69, 9.17) is 11.0 Å². The third-order valence-electron chi connectivity index (χ3n) is 3.27. The van der Waals surface area contributed by atoms with Crippen molar-refractivity contribution >= 4 is 33.2 Å². The molecule has 0 aliphatic carbocycles. The van der Waals surface area contributed by atoms with Gasteiger partial charge in [0.05, 0.1) is 11.6 Å². The number of benzene rings is 2. The largest absolute Gasteiger partial charge is 0.398 e. The van der Waals surface area contributed by atoms with Crippen molar-refractivity contribution in [1.82, 2.24) is 0 Å². The number of carbonyl (C=O) groups excluding carboxylic acids is 1. The van der Waals surface area contributed by atoms with Gasteiger partial charge in [0.1, 0.15) is 0 Å². The van der Waals surface area contributed by atoms with Crippen LogP contribution in [0.3, 0.4) is 0 Å². The van der Waals surface area contributed by atoms with Crippen molar-refractivity contribution in [2.24, 2.45) is 0 Å². The van der Waals surface area contributed by atoms with E-state index in [-0.39, 0.29) is 5.91 Å². The number of nitrogens with zero attached hydrogens (tertiary/aromatic N) is 1. The molecule has 2 rings (SSSR count). The number of carbonyl (C=O) groups is 1.